The van der Waals surface area contributed by atoms with Crippen molar-refractivity contribution in [2.75, 3.05) is 20.6 Å². The van der Waals surface area contributed by atoms with E-state index in [0.717, 1.165) is 23.8 Å². The van der Waals surface area contributed by atoms with Crippen LogP contribution in [-0.2, 0) is 19.0 Å². The van der Waals surface area contributed by atoms with E-state index < -0.39 is 0 Å². The summed E-state index contributed by atoms with van der Waals surface area (Å²) in [5.74, 6) is 0.967. The molecule has 2 rings (SSSR count). The highest BCUT2D eigenvalue weighted by Crippen LogP contribution is 2.23. The van der Waals surface area contributed by atoms with Crippen LogP contribution in [0.3, 0.4) is 0 Å². The maximum Gasteiger partial charge on any atom is 0.193 e. The summed E-state index contributed by atoms with van der Waals surface area (Å²) in [6.07, 6.45) is 2.07. The van der Waals surface area contributed by atoms with Crippen molar-refractivity contribution in [3.05, 3.63) is 53.1 Å². The third kappa shape index (κ3) is 6.18. The first-order valence-electron chi connectivity index (χ1n) is 9.34. The van der Waals surface area contributed by atoms with Crippen molar-refractivity contribution in [3.8, 4) is 0 Å². The number of hydrogen-bond acceptors (Lipinski definition) is 2. The lowest BCUT2D eigenvalue weighted by Gasteiger charge is -2.29. The number of benzene rings is 1. The monoisotopic (exact) mass is 501 g/mol. The van der Waals surface area contributed by atoms with Crippen LogP contribution in [0.4, 0.5) is 4.39 Å². The summed E-state index contributed by atoms with van der Waals surface area (Å²) in [4.78, 5) is 6.50. The number of aromatic nitrogens is 2. The molecule has 1 N–H and O–H groups in total. The normalized spacial score (nSPS) is 12.1. The van der Waals surface area contributed by atoms with Gasteiger partial charge in [0.1, 0.15) is 5.82 Å². The van der Waals surface area contributed by atoms with Gasteiger partial charge in [-0.3, -0.25) is 9.67 Å². The van der Waals surface area contributed by atoms with Gasteiger partial charge < -0.3 is 10.2 Å². The minimum Gasteiger partial charge on any atom is -0.355 e. The Morgan fingerprint density at radius 1 is 1.36 bits per heavy atom. The molecule has 0 aliphatic rings. The number of nitrogens with zero attached hydrogens (tertiary/aromatic N) is 4. The zero-order valence-electron chi connectivity index (χ0n) is 18.0. The van der Waals surface area contributed by atoms with Crippen molar-refractivity contribution < 1.29 is 4.39 Å². The number of aryl methyl sites for hydroxylation is 1. The van der Waals surface area contributed by atoms with E-state index in [1.807, 2.05) is 24.8 Å². The smallest absolute Gasteiger partial charge is 0.193 e. The summed E-state index contributed by atoms with van der Waals surface area (Å²) >= 11 is 0. The molecule has 7 heteroatoms. The SMILES string of the molecule is CN=C(NCC(C)(C)c1cccc(F)c1)N(C)Cc1cn(C)nc1C(C)C.I. The van der Waals surface area contributed by atoms with Crippen molar-refractivity contribution in [2.45, 2.75) is 45.6 Å². The highest BCUT2D eigenvalue weighted by Gasteiger charge is 2.22. The predicted octanol–water partition coefficient (Wildman–Crippen LogP) is 4.29. The van der Waals surface area contributed by atoms with Gasteiger partial charge in [0.15, 0.2) is 5.96 Å². The van der Waals surface area contributed by atoms with Gasteiger partial charge in [-0.1, -0.05) is 39.8 Å². The Labute approximate surface area is 185 Å². The number of guanidine groups is 1. The first kappa shape index (κ1) is 24.4. The molecule has 0 spiro atoms. The quantitative estimate of drug-likeness (QED) is 0.365. The van der Waals surface area contributed by atoms with E-state index in [1.54, 1.807) is 19.2 Å². The Bertz CT molecular complexity index is 798. The van der Waals surface area contributed by atoms with Gasteiger partial charge in [0.25, 0.3) is 0 Å². The second-order valence-electron chi connectivity index (χ2n) is 8.02. The van der Waals surface area contributed by atoms with Crippen LogP contribution in [0, 0.1) is 5.82 Å². The molecule has 0 amide bonds. The Kier molecular flexibility index (Phi) is 8.91. The number of nitrogens with one attached hydrogen (secondary N) is 1. The summed E-state index contributed by atoms with van der Waals surface area (Å²) in [5.41, 5.74) is 3.04. The molecule has 0 atom stereocenters. The Morgan fingerprint density at radius 3 is 2.61 bits per heavy atom. The lowest BCUT2D eigenvalue weighted by molar-refractivity contribution is 0.446. The van der Waals surface area contributed by atoms with Crippen LogP contribution in [0.2, 0.25) is 0 Å². The van der Waals surface area contributed by atoms with Gasteiger partial charge in [-0.2, -0.15) is 5.10 Å². The Hall–Kier alpha value is -1.64. The van der Waals surface area contributed by atoms with E-state index in [2.05, 4.69) is 54.2 Å². The first-order valence-corrected chi connectivity index (χ1v) is 9.34. The number of aliphatic imine (C=N–C) groups is 1. The van der Waals surface area contributed by atoms with E-state index in [0.29, 0.717) is 12.5 Å². The van der Waals surface area contributed by atoms with E-state index in [-0.39, 0.29) is 35.2 Å². The van der Waals surface area contributed by atoms with Crippen molar-refractivity contribution in [1.29, 1.82) is 0 Å². The zero-order valence-corrected chi connectivity index (χ0v) is 20.3. The predicted molar refractivity (Wildman–Crippen MR) is 125 cm³/mol. The second-order valence-corrected chi connectivity index (χ2v) is 8.02. The molecule has 156 valence electrons. The van der Waals surface area contributed by atoms with Crippen LogP contribution >= 0.6 is 24.0 Å². The largest absolute Gasteiger partial charge is 0.355 e. The van der Waals surface area contributed by atoms with Gasteiger partial charge in [-0.15, -0.1) is 24.0 Å². The van der Waals surface area contributed by atoms with Crippen LogP contribution in [0.1, 0.15) is 50.4 Å². The molecule has 1 aromatic carbocycles. The van der Waals surface area contributed by atoms with E-state index in [9.17, 15) is 4.39 Å². The minimum atomic E-state index is -0.226. The molecule has 0 aliphatic carbocycles. The summed E-state index contributed by atoms with van der Waals surface area (Å²) < 4.78 is 15.4. The van der Waals surface area contributed by atoms with Gasteiger partial charge in [-0.25, -0.2) is 4.39 Å². The van der Waals surface area contributed by atoms with E-state index >= 15 is 0 Å². The molecule has 0 aliphatic heterocycles. The Morgan fingerprint density at radius 2 is 2.04 bits per heavy atom. The first-order chi connectivity index (χ1) is 12.6. The molecule has 28 heavy (non-hydrogen) atoms. The maximum absolute atomic E-state index is 13.6. The summed E-state index contributed by atoms with van der Waals surface area (Å²) in [5, 5.41) is 8.01. The van der Waals surface area contributed by atoms with Crippen LogP contribution in [0.5, 0.6) is 0 Å². The molecule has 0 saturated heterocycles. The second kappa shape index (κ2) is 10.2. The average molecular weight is 501 g/mol. The van der Waals surface area contributed by atoms with E-state index in [4.69, 9.17) is 0 Å². The van der Waals surface area contributed by atoms with Crippen LogP contribution < -0.4 is 5.32 Å². The molecular weight excluding hydrogens is 468 g/mol. The van der Waals surface area contributed by atoms with Crippen LogP contribution in [0.25, 0.3) is 0 Å². The highest BCUT2D eigenvalue weighted by atomic mass is 127. The van der Waals surface area contributed by atoms with Gasteiger partial charge in [0.05, 0.1) is 5.69 Å². The lowest BCUT2D eigenvalue weighted by Crippen LogP contribution is -2.44. The van der Waals surface area contributed by atoms with Crippen molar-refractivity contribution in [2.24, 2.45) is 12.0 Å². The van der Waals surface area contributed by atoms with E-state index in [1.165, 1.54) is 11.6 Å². The fourth-order valence-electron chi connectivity index (χ4n) is 3.19. The topological polar surface area (TPSA) is 45.5 Å². The maximum atomic E-state index is 13.6. The Balaban J connectivity index is 0.00000392. The summed E-state index contributed by atoms with van der Waals surface area (Å²) in [6, 6.07) is 6.78. The average Bonchev–Trinajstić information content (AvgIpc) is 2.96. The van der Waals surface area contributed by atoms with Crippen LogP contribution in [0.15, 0.2) is 35.5 Å². The lowest BCUT2D eigenvalue weighted by atomic mass is 9.84. The van der Waals surface area contributed by atoms with Gasteiger partial charge >= 0.3 is 0 Å². The molecule has 0 unspecified atom stereocenters. The number of halogens is 2. The van der Waals surface area contributed by atoms with Crippen molar-refractivity contribution in [1.82, 2.24) is 20.0 Å². The molecule has 1 aromatic heterocycles. The third-order valence-electron chi connectivity index (χ3n) is 4.76. The van der Waals surface area contributed by atoms with Gasteiger partial charge in [-0.05, 0) is 23.6 Å². The van der Waals surface area contributed by atoms with Gasteiger partial charge in [0.2, 0.25) is 0 Å². The molecule has 0 saturated carbocycles. The molecule has 0 fully saturated rings. The number of hydrogen-bond donors (Lipinski definition) is 1. The number of rotatable bonds is 6. The fourth-order valence-corrected chi connectivity index (χ4v) is 3.19. The van der Waals surface area contributed by atoms with Crippen LogP contribution in [-0.4, -0.2) is 41.3 Å². The third-order valence-corrected chi connectivity index (χ3v) is 4.76. The molecule has 0 radical (unpaired) electrons. The summed E-state index contributed by atoms with van der Waals surface area (Å²) in [6.45, 7) is 9.87. The minimum absolute atomic E-state index is 0. The van der Waals surface area contributed by atoms with Crippen molar-refractivity contribution in [3.63, 3.8) is 0 Å². The fraction of sp³-hybridized carbons (Fsp3) is 0.524. The molecule has 1 heterocycles. The molecule has 0 bridgehead atoms. The standard InChI is InChI=1S/C21H32FN5.HI/c1-15(2)19-16(13-27(7)25-19)12-26(6)20(23-5)24-14-21(3,4)17-9-8-10-18(22)11-17;/h8-11,13,15H,12,14H2,1-7H3,(H,23,24);1H. The summed E-state index contributed by atoms with van der Waals surface area (Å²) in [7, 11) is 5.74. The highest BCUT2D eigenvalue weighted by molar-refractivity contribution is 14.0. The molecular formula is C21H33FIN5. The van der Waals surface area contributed by atoms with Crippen molar-refractivity contribution >= 4 is 29.9 Å². The molecule has 2 aromatic rings. The zero-order chi connectivity index (χ0) is 20.2. The van der Waals surface area contributed by atoms with Gasteiger partial charge in [0, 0.05) is 51.4 Å². The molecule has 5 nitrogen and oxygen atoms in total.